The second-order valence-electron chi connectivity index (χ2n) is 9.35. The molecule has 2 aromatic carbocycles. The first-order valence-electron chi connectivity index (χ1n) is 12.6. The van der Waals surface area contributed by atoms with Gasteiger partial charge in [-0.1, -0.05) is 86.7 Å². The van der Waals surface area contributed by atoms with Crippen LogP contribution in [-0.2, 0) is 27.1 Å². The van der Waals surface area contributed by atoms with E-state index >= 15 is 0 Å². The van der Waals surface area contributed by atoms with Gasteiger partial charge in [0.2, 0.25) is 0 Å². The van der Waals surface area contributed by atoms with Gasteiger partial charge in [-0.05, 0) is 60.8 Å². The molecule has 4 unspecified atom stereocenters. The molecular formula is C30H38O3. The zero-order valence-corrected chi connectivity index (χ0v) is 19.8. The highest BCUT2D eigenvalue weighted by molar-refractivity contribution is 5.48. The fourth-order valence-electron chi connectivity index (χ4n) is 4.56. The van der Waals surface area contributed by atoms with Gasteiger partial charge in [-0.15, -0.1) is 0 Å². The van der Waals surface area contributed by atoms with Gasteiger partial charge in [0.25, 0.3) is 0 Å². The quantitative estimate of drug-likeness (QED) is 0.214. The average molecular weight is 447 g/mol. The molecule has 176 valence electrons. The lowest BCUT2D eigenvalue weighted by Crippen LogP contribution is -2.11. The van der Waals surface area contributed by atoms with E-state index in [0.717, 1.165) is 25.7 Å². The van der Waals surface area contributed by atoms with Gasteiger partial charge in [0.15, 0.2) is 0 Å². The summed E-state index contributed by atoms with van der Waals surface area (Å²) in [6.07, 6.45) is 14.5. The fraction of sp³-hybridized carbons (Fsp3) is 0.467. The van der Waals surface area contributed by atoms with Crippen molar-refractivity contribution in [3.05, 3.63) is 83.9 Å². The van der Waals surface area contributed by atoms with Crippen LogP contribution in [0.1, 0.15) is 60.8 Å². The van der Waals surface area contributed by atoms with Crippen LogP contribution in [0.3, 0.4) is 0 Å². The number of ether oxygens (including phenoxy) is 3. The van der Waals surface area contributed by atoms with Gasteiger partial charge >= 0.3 is 0 Å². The molecule has 4 rings (SSSR count). The Morgan fingerprint density at radius 2 is 1.15 bits per heavy atom. The molecule has 2 saturated heterocycles. The molecule has 2 fully saturated rings. The molecule has 2 aliphatic rings. The maximum absolute atomic E-state index is 5.88. The highest BCUT2D eigenvalue weighted by Gasteiger charge is 2.41. The fourth-order valence-corrected chi connectivity index (χ4v) is 4.56. The minimum atomic E-state index is 0.289. The van der Waals surface area contributed by atoms with Crippen LogP contribution in [0.15, 0.2) is 61.7 Å². The Bertz CT molecular complexity index is 831. The van der Waals surface area contributed by atoms with Crippen LogP contribution >= 0.6 is 0 Å². The van der Waals surface area contributed by atoms with Crippen molar-refractivity contribution in [2.75, 3.05) is 13.2 Å². The summed E-state index contributed by atoms with van der Waals surface area (Å²) in [6.45, 7) is 9.10. The van der Waals surface area contributed by atoms with Crippen LogP contribution in [0.25, 0.3) is 12.2 Å². The third-order valence-corrected chi connectivity index (χ3v) is 6.72. The van der Waals surface area contributed by atoms with Crippen LogP contribution in [0.4, 0.5) is 0 Å². The number of aryl methyl sites for hydroxylation is 2. The van der Waals surface area contributed by atoms with E-state index in [1.54, 1.807) is 0 Å². The number of hydrogen-bond acceptors (Lipinski definition) is 3. The average Bonchev–Trinajstić information content (AvgIpc) is 3.77. The lowest BCUT2D eigenvalue weighted by atomic mass is 10.0. The van der Waals surface area contributed by atoms with Crippen molar-refractivity contribution < 1.29 is 14.2 Å². The molecule has 0 amide bonds. The van der Waals surface area contributed by atoms with Crippen molar-refractivity contribution in [3.8, 4) is 0 Å². The van der Waals surface area contributed by atoms with Crippen molar-refractivity contribution in [3.63, 3.8) is 0 Å². The summed E-state index contributed by atoms with van der Waals surface area (Å²) in [5.41, 5.74) is 5.19. The molecule has 3 heteroatoms. The second kappa shape index (κ2) is 12.3. The van der Waals surface area contributed by atoms with E-state index in [1.165, 1.54) is 47.9 Å². The Hall–Kier alpha value is -2.20. The van der Waals surface area contributed by atoms with Gasteiger partial charge in [-0.2, -0.15) is 0 Å². The second-order valence-corrected chi connectivity index (χ2v) is 9.35. The van der Waals surface area contributed by atoms with Crippen molar-refractivity contribution in [1.29, 1.82) is 0 Å². The van der Waals surface area contributed by atoms with Crippen LogP contribution in [0, 0.1) is 0 Å². The highest BCUT2D eigenvalue weighted by atomic mass is 16.6. The molecule has 2 aromatic rings. The molecule has 33 heavy (non-hydrogen) atoms. The molecule has 0 aliphatic carbocycles. The topological polar surface area (TPSA) is 34.3 Å². The lowest BCUT2D eigenvalue weighted by Gasteiger charge is -2.03. The molecule has 0 spiro atoms. The molecule has 4 atom stereocenters. The first kappa shape index (κ1) is 23.9. The van der Waals surface area contributed by atoms with Crippen LogP contribution in [-0.4, -0.2) is 37.6 Å². The Labute approximate surface area is 199 Å². The summed E-state index contributed by atoms with van der Waals surface area (Å²) in [6, 6.07) is 17.3. The third-order valence-electron chi connectivity index (χ3n) is 6.72. The predicted octanol–water partition coefficient (Wildman–Crippen LogP) is 6.65. The molecular weight excluding hydrogens is 408 g/mol. The number of benzene rings is 2. The van der Waals surface area contributed by atoms with E-state index in [2.05, 4.69) is 61.7 Å². The van der Waals surface area contributed by atoms with Crippen molar-refractivity contribution >= 4 is 12.2 Å². The normalized spacial score (nSPS) is 23.3. The monoisotopic (exact) mass is 446 g/mol. The number of hydrogen-bond donors (Lipinski definition) is 0. The summed E-state index contributed by atoms with van der Waals surface area (Å²) in [4.78, 5) is 0. The maximum atomic E-state index is 5.88. The summed E-state index contributed by atoms with van der Waals surface area (Å²) < 4.78 is 17.5. The van der Waals surface area contributed by atoms with E-state index in [4.69, 9.17) is 14.2 Å². The first-order valence-corrected chi connectivity index (χ1v) is 12.6. The predicted molar refractivity (Wildman–Crippen MR) is 136 cm³/mol. The summed E-state index contributed by atoms with van der Waals surface area (Å²) >= 11 is 0. The van der Waals surface area contributed by atoms with Crippen molar-refractivity contribution in [2.24, 2.45) is 0 Å². The smallest absolute Gasteiger partial charge is 0.107 e. The van der Waals surface area contributed by atoms with Crippen LogP contribution in [0.5, 0.6) is 0 Å². The van der Waals surface area contributed by atoms with E-state index in [0.29, 0.717) is 25.4 Å². The molecule has 2 heterocycles. The van der Waals surface area contributed by atoms with Gasteiger partial charge < -0.3 is 14.2 Å². The highest BCUT2D eigenvalue weighted by Crippen LogP contribution is 2.30. The minimum absolute atomic E-state index is 0.289. The Balaban J connectivity index is 0.978. The minimum Gasteiger partial charge on any atom is -0.376 e. The molecule has 0 radical (unpaired) electrons. The first-order chi connectivity index (χ1) is 16.2. The summed E-state index contributed by atoms with van der Waals surface area (Å²) in [5.74, 6) is 0. The van der Waals surface area contributed by atoms with Gasteiger partial charge in [-0.25, -0.2) is 0 Å². The van der Waals surface area contributed by atoms with Gasteiger partial charge in [-0.3, -0.25) is 0 Å². The zero-order valence-electron chi connectivity index (χ0n) is 19.8. The van der Waals surface area contributed by atoms with E-state index in [1.807, 2.05) is 12.2 Å². The van der Waals surface area contributed by atoms with E-state index in [9.17, 15) is 0 Å². The lowest BCUT2D eigenvalue weighted by molar-refractivity contribution is 0.102. The van der Waals surface area contributed by atoms with E-state index < -0.39 is 0 Å². The number of epoxide rings is 2. The Morgan fingerprint density at radius 3 is 1.61 bits per heavy atom. The Kier molecular flexibility index (Phi) is 8.93. The van der Waals surface area contributed by atoms with Crippen LogP contribution < -0.4 is 0 Å². The number of rotatable bonds is 16. The summed E-state index contributed by atoms with van der Waals surface area (Å²) in [7, 11) is 0. The molecule has 0 N–H and O–H groups in total. The number of unbranched alkanes of at least 4 members (excludes halogenated alkanes) is 2. The van der Waals surface area contributed by atoms with Crippen LogP contribution in [0.2, 0.25) is 0 Å². The third kappa shape index (κ3) is 7.96. The van der Waals surface area contributed by atoms with E-state index in [-0.39, 0.29) is 12.2 Å². The van der Waals surface area contributed by atoms with Gasteiger partial charge in [0.1, 0.15) is 12.2 Å². The largest absolute Gasteiger partial charge is 0.376 e. The molecule has 3 nitrogen and oxygen atoms in total. The molecule has 0 saturated carbocycles. The van der Waals surface area contributed by atoms with Crippen molar-refractivity contribution in [1.82, 2.24) is 0 Å². The van der Waals surface area contributed by atoms with Crippen molar-refractivity contribution in [2.45, 2.75) is 75.8 Å². The van der Waals surface area contributed by atoms with Gasteiger partial charge in [0, 0.05) is 0 Å². The standard InChI is InChI=1S/C30H38O3/c1-3-23-13-9-15-25(19-23)11-5-7-17-27-29(32-27)21-31-22-30-28(33-30)18-8-6-12-26-16-10-14-24(4-2)20-26/h3-4,9-10,13-16,19-20,27-30H,1-2,5-8,11-12,17-18,21-22H2. The summed E-state index contributed by atoms with van der Waals surface area (Å²) in [5, 5.41) is 0. The zero-order chi connectivity index (χ0) is 22.9. The Morgan fingerprint density at radius 1 is 0.667 bits per heavy atom. The molecule has 0 aromatic heterocycles. The molecule has 0 bridgehead atoms. The molecule has 2 aliphatic heterocycles. The maximum Gasteiger partial charge on any atom is 0.107 e. The van der Waals surface area contributed by atoms with Gasteiger partial charge in [0.05, 0.1) is 25.4 Å². The SMILES string of the molecule is C=Cc1cccc(CCCCC2OC2COCC2OC2CCCCc2cccc(C=C)c2)c1.